The van der Waals surface area contributed by atoms with Crippen LogP contribution < -0.4 is 13.9 Å². The van der Waals surface area contributed by atoms with Gasteiger partial charge in [-0.2, -0.15) is 0 Å². The molecule has 3 aliphatic heterocycles. The molecule has 5 heterocycles. The molecule has 1 unspecified atom stereocenters. The molecule has 10 rings (SSSR count). The lowest BCUT2D eigenvalue weighted by molar-refractivity contribution is -0.950. The Labute approximate surface area is 206 Å². The molecule has 7 aromatic rings. The van der Waals surface area contributed by atoms with Crippen LogP contribution in [0.15, 0.2) is 109 Å². The minimum absolute atomic E-state index is 0.509. The van der Waals surface area contributed by atoms with Gasteiger partial charge in [0.2, 0.25) is 11.2 Å². The maximum absolute atomic E-state index is 6.67. The number of fused-ring (bicyclic) bond motifs is 7. The molecule has 0 bridgehead atoms. The van der Waals surface area contributed by atoms with Gasteiger partial charge >= 0.3 is 5.66 Å². The minimum Gasteiger partial charge on any atom is -0.456 e. The summed E-state index contributed by atoms with van der Waals surface area (Å²) in [6, 6.07) is 35.3. The summed E-state index contributed by atoms with van der Waals surface area (Å²) in [5, 5.41) is 9.07. The molecule has 0 fully saturated rings. The van der Waals surface area contributed by atoms with E-state index in [9.17, 15) is 0 Å². The summed E-state index contributed by atoms with van der Waals surface area (Å²) in [6.45, 7) is 0. The van der Waals surface area contributed by atoms with Crippen molar-refractivity contribution in [1.82, 2.24) is 0 Å². The molecule has 0 radical (unpaired) electrons. The Morgan fingerprint density at radius 2 is 1.33 bits per heavy atom. The van der Waals surface area contributed by atoms with Gasteiger partial charge in [-0.25, -0.2) is 0 Å². The molecule has 0 amide bonds. The van der Waals surface area contributed by atoms with E-state index in [-0.39, 0.29) is 0 Å². The van der Waals surface area contributed by atoms with Gasteiger partial charge < -0.3 is 4.74 Å². The molecule has 2 aromatic heterocycles. The standard InChI is InChI=1S/C33H18N2O/c1-2-8-20-19(7-1)13-14-21-22-15-16-27-31-29(22)32-24(28(20)21)10-6-18-35(32)33(31)30-23(9-5-12-26(30)36-27)25-11-3-4-17-34(25)33/h1-18H/q+2. The van der Waals surface area contributed by atoms with Gasteiger partial charge in [0.1, 0.15) is 11.5 Å². The van der Waals surface area contributed by atoms with Crippen molar-refractivity contribution in [1.29, 1.82) is 0 Å². The first-order valence-electron chi connectivity index (χ1n) is 12.5. The van der Waals surface area contributed by atoms with E-state index in [1.165, 1.54) is 65.6 Å². The summed E-state index contributed by atoms with van der Waals surface area (Å²) in [4.78, 5) is 0. The Bertz CT molecular complexity index is 2200. The summed E-state index contributed by atoms with van der Waals surface area (Å²) in [5.74, 6) is 1.89. The first kappa shape index (κ1) is 17.6. The molecule has 164 valence electrons. The maximum atomic E-state index is 6.67. The van der Waals surface area contributed by atoms with E-state index in [0.29, 0.717) is 0 Å². The van der Waals surface area contributed by atoms with Crippen molar-refractivity contribution in [2.24, 2.45) is 0 Å². The normalized spacial score (nSPS) is 17.8. The van der Waals surface area contributed by atoms with Gasteiger partial charge in [-0.3, -0.25) is 0 Å². The van der Waals surface area contributed by atoms with E-state index in [0.717, 1.165) is 11.5 Å². The zero-order valence-corrected chi connectivity index (χ0v) is 19.2. The molecular formula is C33H18N2O+2. The molecule has 1 spiro atoms. The smallest absolute Gasteiger partial charge is 0.425 e. The lowest BCUT2D eigenvalue weighted by Gasteiger charge is -2.25. The number of aromatic nitrogens is 2. The third kappa shape index (κ3) is 1.64. The van der Waals surface area contributed by atoms with E-state index in [1.807, 2.05) is 0 Å². The highest BCUT2D eigenvalue weighted by Crippen LogP contribution is 2.57. The monoisotopic (exact) mass is 458 g/mol. The van der Waals surface area contributed by atoms with E-state index >= 15 is 0 Å². The molecule has 36 heavy (non-hydrogen) atoms. The average molecular weight is 459 g/mol. The Morgan fingerprint density at radius 3 is 2.33 bits per heavy atom. The molecular weight excluding hydrogens is 440 g/mol. The van der Waals surface area contributed by atoms with Crippen LogP contribution in [0.4, 0.5) is 0 Å². The number of hydrogen-bond acceptors (Lipinski definition) is 1. The number of pyridine rings is 2. The first-order valence-corrected chi connectivity index (χ1v) is 12.5. The van der Waals surface area contributed by atoms with Crippen LogP contribution in [0.25, 0.3) is 54.5 Å². The molecule has 3 heteroatoms. The molecule has 0 N–H and O–H groups in total. The Balaban J connectivity index is 1.56. The van der Waals surface area contributed by atoms with Gasteiger partial charge in [0, 0.05) is 23.6 Å². The number of nitrogens with zero attached hydrogens (tertiary/aromatic N) is 2. The molecule has 0 aliphatic carbocycles. The molecule has 5 aromatic carbocycles. The number of hydrogen-bond donors (Lipinski definition) is 0. The van der Waals surface area contributed by atoms with Crippen LogP contribution in [-0.4, -0.2) is 0 Å². The Hall–Kier alpha value is -4.76. The fourth-order valence-corrected chi connectivity index (χ4v) is 7.48. The summed E-state index contributed by atoms with van der Waals surface area (Å²) < 4.78 is 11.7. The van der Waals surface area contributed by atoms with E-state index in [4.69, 9.17) is 4.74 Å². The summed E-state index contributed by atoms with van der Waals surface area (Å²) in [5.41, 5.74) is 5.71. The minimum atomic E-state index is -0.509. The third-order valence-corrected chi connectivity index (χ3v) is 8.66. The third-order valence-electron chi connectivity index (χ3n) is 8.66. The lowest BCUT2D eigenvalue weighted by Crippen LogP contribution is -2.71. The van der Waals surface area contributed by atoms with Crippen molar-refractivity contribution in [3.8, 4) is 22.8 Å². The largest absolute Gasteiger partial charge is 0.456 e. The predicted octanol–water partition coefficient (Wildman–Crippen LogP) is 6.57. The Kier molecular flexibility index (Phi) is 2.72. The van der Waals surface area contributed by atoms with Gasteiger partial charge in [-0.1, -0.05) is 42.5 Å². The van der Waals surface area contributed by atoms with Crippen LogP contribution in [0.5, 0.6) is 11.5 Å². The van der Waals surface area contributed by atoms with Crippen LogP contribution >= 0.6 is 0 Å². The summed E-state index contributed by atoms with van der Waals surface area (Å²) in [7, 11) is 0. The molecule has 0 saturated heterocycles. The zero-order chi connectivity index (χ0) is 23.2. The van der Waals surface area contributed by atoms with Crippen LogP contribution in [-0.2, 0) is 5.66 Å². The SMILES string of the molecule is c1cc2c3c(c1)-c1cccc[n+]1C31c3c(ccc4c5ccc6ccccc6c5c5ccc[n+]1c5c34)O2. The highest BCUT2D eigenvalue weighted by Gasteiger charge is 2.70. The molecule has 1 atom stereocenters. The average Bonchev–Trinajstić information content (AvgIpc) is 3.42. The van der Waals surface area contributed by atoms with Crippen LogP contribution in [0, 0.1) is 0 Å². The second kappa shape index (κ2) is 5.55. The highest BCUT2D eigenvalue weighted by molar-refractivity contribution is 6.31. The Morgan fingerprint density at radius 1 is 0.528 bits per heavy atom. The second-order valence-electron chi connectivity index (χ2n) is 10.1. The van der Waals surface area contributed by atoms with Crippen molar-refractivity contribution < 1.29 is 13.9 Å². The lowest BCUT2D eigenvalue weighted by atomic mass is 9.85. The summed E-state index contributed by atoms with van der Waals surface area (Å²) >= 11 is 0. The van der Waals surface area contributed by atoms with Gasteiger partial charge in [0.25, 0.3) is 0 Å². The van der Waals surface area contributed by atoms with Crippen LogP contribution in [0.3, 0.4) is 0 Å². The van der Waals surface area contributed by atoms with Crippen LogP contribution in [0.2, 0.25) is 0 Å². The van der Waals surface area contributed by atoms with Crippen molar-refractivity contribution in [3.05, 3.63) is 121 Å². The van der Waals surface area contributed by atoms with Gasteiger partial charge in [0.15, 0.2) is 23.5 Å². The zero-order valence-electron chi connectivity index (χ0n) is 19.2. The molecule has 3 aliphatic rings. The van der Waals surface area contributed by atoms with Gasteiger partial charge in [-0.05, 0) is 57.9 Å². The van der Waals surface area contributed by atoms with Gasteiger partial charge in [0.05, 0.1) is 16.3 Å². The second-order valence-corrected chi connectivity index (χ2v) is 10.1. The van der Waals surface area contributed by atoms with Gasteiger partial charge in [-0.15, -0.1) is 9.13 Å². The fraction of sp³-hybridized carbons (Fsp3) is 0.0303. The number of benzene rings is 5. The van der Waals surface area contributed by atoms with E-state index < -0.39 is 5.66 Å². The number of rotatable bonds is 0. The predicted molar refractivity (Wildman–Crippen MR) is 140 cm³/mol. The number of ether oxygens (including phenoxy) is 1. The van der Waals surface area contributed by atoms with Crippen molar-refractivity contribution in [3.63, 3.8) is 0 Å². The van der Waals surface area contributed by atoms with Crippen LogP contribution in [0.1, 0.15) is 11.1 Å². The fourth-order valence-electron chi connectivity index (χ4n) is 7.48. The van der Waals surface area contributed by atoms with Crippen molar-refractivity contribution in [2.75, 3.05) is 0 Å². The molecule has 3 nitrogen and oxygen atoms in total. The summed E-state index contributed by atoms with van der Waals surface area (Å²) in [6.07, 6.45) is 4.50. The van der Waals surface area contributed by atoms with E-state index in [1.54, 1.807) is 0 Å². The topological polar surface area (TPSA) is 17.0 Å². The quantitative estimate of drug-likeness (QED) is 0.186. The van der Waals surface area contributed by atoms with Crippen molar-refractivity contribution >= 4 is 43.2 Å². The highest BCUT2D eigenvalue weighted by atomic mass is 16.5. The van der Waals surface area contributed by atoms with Crippen molar-refractivity contribution in [2.45, 2.75) is 5.66 Å². The maximum Gasteiger partial charge on any atom is 0.425 e. The first-order chi connectivity index (χ1) is 17.9. The molecule has 0 saturated carbocycles. The van der Waals surface area contributed by atoms with E-state index in [2.05, 4.69) is 119 Å².